The minimum atomic E-state index is -1.17. The van der Waals surface area contributed by atoms with E-state index in [9.17, 15) is 14.7 Å². The highest BCUT2D eigenvalue weighted by Gasteiger charge is 2.25. The first-order valence-corrected chi connectivity index (χ1v) is 11.6. The number of rotatable bonds is 7. The van der Waals surface area contributed by atoms with E-state index in [0.29, 0.717) is 21.8 Å². The molecule has 0 aromatic carbocycles. The lowest BCUT2D eigenvalue weighted by Gasteiger charge is -2.34. The van der Waals surface area contributed by atoms with Crippen LogP contribution in [0.25, 0.3) is 10.6 Å². The number of carboxylic acids is 1. The molecule has 1 aliphatic rings. The molecule has 1 aliphatic heterocycles. The summed E-state index contributed by atoms with van der Waals surface area (Å²) in [6.07, 6.45) is 1.70. The van der Waals surface area contributed by atoms with Gasteiger partial charge in [-0.3, -0.25) is 9.48 Å². The molecule has 0 spiro atoms. The van der Waals surface area contributed by atoms with E-state index in [2.05, 4.69) is 34.3 Å². The quantitative estimate of drug-likeness (QED) is 0.534. The lowest BCUT2D eigenvalue weighted by atomic mass is 10.0. The summed E-state index contributed by atoms with van der Waals surface area (Å²) in [6, 6.07) is 7.11. The van der Waals surface area contributed by atoms with Crippen LogP contribution in [0.15, 0.2) is 28.8 Å². The van der Waals surface area contributed by atoms with Crippen LogP contribution in [0.3, 0.4) is 0 Å². The van der Waals surface area contributed by atoms with Gasteiger partial charge in [0.05, 0.1) is 15.8 Å². The van der Waals surface area contributed by atoms with Gasteiger partial charge >= 0.3 is 5.97 Å². The Hall–Kier alpha value is -2.69. The summed E-state index contributed by atoms with van der Waals surface area (Å²) >= 11 is 7.32. The van der Waals surface area contributed by atoms with Crippen molar-refractivity contribution in [3.8, 4) is 10.6 Å². The van der Waals surface area contributed by atoms with Crippen molar-refractivity contribution in [1.82, 2.24) is 25.2 Å². The Kier molecular flexibility index (Phi) is 6.63. The molecule has 0 bridgehead atoms. The van der Waals surface area contributed by atoms with Gasteiger partial charge in [-0.25, -0.2) is 4.79 Å². The van der Waals surface area contributed by atoms with Gasteiger partial charge in [-0.15, -0.1) is 11.3 Å². The maximum Gasteiger partial charge on any atom is 0.354 e. The van der Waals surface area contributed by atoms with Gasteiger partial charge in [0.2, 0.25) is 0 Å². The SMILES string of the molecule is CC(C)N1CCC(NC(=O)c2cc(C(=O)O)n(Cc3cc(-c4ccc(Cl)s4)on3)n2)CC1. The van der Waals surface area contributed by atoms with E-state index in [-0.39, 0.29) is 29.9 Å². The molecule has 1 fully saturated rings. The molecule has 0 atom stereocenters. The molecular formula is C21H24ClN5O4S. The molecule has 1 saturated heterocycles. The number of carboxylic acid groups (broad SMARTS) is 1. The number of hydrogen-bond donors (Lipinski definition) is 2. The first-order valence-electron chi connectivity index (χ1n) is 10.4. The van der Waals surface area contributed by atoms with Crippen molar-refractivity contribution in [3.05, 3.63) is 45.7 Å². The number of aromatic carboxylic acids is 1. The molecule has 3 aromatic rings. The van der Waals surface area contributed by atoms with Gasteiger partial charge in [-0.05, 0) is 38.8 Å². The number of piperidine rings is 1. The molecule has 2 N–H and O–H groups in total. The number of carbonyl (C=O) groups excluding carboxylic acids is 1. The standard InChI is InChI=1S/C21H24ClN5O4S/c1-12(2)26-7-5-13(6-8-26)23-20(28)15-10-16(21(29)30)27(24-15)11-14-9-17(31-25-14)18-3-4-19(22)32-18/h3-4,9-10,12-13H,5-8,11H2,1-2H3,(H,23,28)(H,29,30). The van der Waals surface area contributed by atoms with E-state index in [1.165, 1.54) is 22.1 Å². The first-order chi connectivity index (χ1) is 15.3. The lowest BCUT2D eigenvalue weighted by molar-refractivity contribution is 0.0683. The predicted octanol–water partition coefficient (Wildman–Crippen LogP) is 3.60. The fraction of sp³-hybridized carbons (Fsp3) is 0.429. The normalized spacial score (nSPS) is 15.4. The van der Waals surface area contributed by atoms with E-state index in [0.717, 1.165) is 30.8 Å². The second-order valence-electron chi connectivity index (χ2n) is 8.04. The Morgan fingerprint density at radius 3 is 2.69 bits per heavy atom. The second kappa shape index (κ2) is 9.43. The van der Waals surface area contributed by atoms with Gasteiger partial charge in [0, 0.05) is 37.3 Å². The van der Waals surface area contributed by atoms with Crippen molar-refractivity contribution in [1.29, 1.82) is 0 Å². The van der Waals surface area contributed by atoms with Crippen LogP contribution in [0.4, 0.5) is 0 Å². The minimum Gasteiger partial charge on any atom is -0.477 e. The summed E-state index contributed by atoms with van der Waals surface area (Å²) < 4.78 is 7.23. The molecule has 9 nitrogen and oxygen atoms in total. The number of carbonyl (C=O) groups is 2. The molecule has 11 heteroatoms. The van der Waals surface area contributed by atoms with Crippen molar-refractivity contribution >= 4 is 34.8 Å². The molecule has 32 heavy (non-hydrogen) atoms. The monoisotopic (exact) mass is 477 g/mol. The smallest absolute Gasteiger partial charge is 0.354 e. The van der Waals surface area contributed by atoms with Crippen LogP contribution in [0.5, 0.6) is 0 Å². The molecule has 0 unspecified atom stereocenters. The van der Waals surface area contributed by atoms with E-state index < -0.39 is 5.97 Å². The summed E-state index contributed by atoms with van der Waals surface area (Å²) in [7, 11) is 0. The Balaban J connectivity index is 1.45. The molecule has 0 aliphatic carbocycles. The second-order valence-corrected chi connectivity index (χ2v) is 9.76. The third-order valence-electron chi connectivity index (χ3n) is 5.51. The Morgan fingerprint density at radius 1 is 1.31 bits per heavy atom. The molecule has 0 radical (unpaired) electrons. The summed E-state index contributed by atoms with van der Waals surface area (Å²) in [6.45, 7) is 6.21. The summed E-state index contributed by atoms with van der Waals surface area (Å²) in [5.74, 6) is -1.01. The van der Waals surface area contributed by atoms with Gasteiger partial charge < -0.3 is 19.8 Å². The van der Waals surface area contributed by atoms with Gasteiger partial charge in [0.15, 0.2) is 11.5 Å². The van der Waals surface area contributed by atoms with Crippen molar-refractivity contribution in [3.63, 3.8) is 0 Å². The Morgan fingerprint density at radius 2 is 2.06 bits per heavy atom. The van der Waals surface area contributed by atoms with Crippen LogP contribution in [-0.4, -0.2) is 62.0 Å². The molecular weight excluding hydrogens is 454 g/mol. The van der Waals surface area contributed by atoms with Gasteiger partial charge in [0.1, 0.15) is 11.4 Å². The van der Waals surface area contributed by atoms with Crippen molar-refractivity contribution in [2.45, 2.75) is 45.3 Å². The first kappa shape index (κ1) is 22.5. The number of hydrogen-bond acceptors (Lipinski definition) is 7. The maximum atomic E-state index is 12.7. The highest BCUT2D eigenvalue weighted by molar-refractivity contribution is 7.19. The molecule has 1 amide bonds. The van der Waals surface area contributed by atoms with Gasteiger partial charge in [-0.2, -0.15) is 5.10 Å². The fourth-order valence-corrected chi connectivity index (χ4v) is 4.73. The summed E-state index contributed by atoms with van der Waals surface area (Å²) in [5.41, 5.74) is 0.471. The zero-order chi connectivity index (χ0) is 22.8. The van der Waals surface area contributed by atoms with Gasteiger partial charge in [-0.1, -0.05) is 16.8 Å². The summed E-state index contributed by atoms with van der Waals surface area (Å²) in [4.78, 5) is 27.6. The van der Waals surface area contributed by atoms with Crippen LogP contribution < -0.4 is 5.32 Å². The van der Waals surface area contributed by atoms with E-state index in [1.807, 2.05) is 6.07 Å². The maximum absolute atomic E-state index is 12.7. The number of likely N-dealkylation sites (tertiary alicyclic amines) is 1. The van der Waals surface area contributed by atoms with Crippen LogP contribution in [0.2, 0.25) is 4.34 Å². The van der Waals surface area contributed by atoms with Crippen molar-refractivity contribution in [2.24, 2.45) is 0 Å². The number of aromatic nitrogens is 3. The average Bonchev–Trinajstić information content (AvgIpc) is 3.48. The van der Waals surface area contributed by atoms with Crippen LogP contribution in [0, 0.1) is 0 Å². The van der Waals surface area contributed by atoms with Crippen LogP contribution >= 0.6 is 22.9 Å². The Labute approximate surface area is 193 Å². The van der Waals surface area contributed by atoms with E-state index in [1.54, 1.807) is 12.1 Å². The molecule has 0 saturated carbocycles. The third-order valence-corrected chi connectivity index (χ3v) is 6.76. The number of amides is 1. The van der Waals surface area contributed by atoms with Crippen molar-refractivity contribution < 1.29 is 19.2 Å². The number of nitrogens with one attached hydrogen (secondary N) is 1. The zero-order valence-corrected chi connectivity index (χ0v) is 19.3. The average molecular weight is 478 g/mol. The van der Waals surface area contributed by atoms with Crippen molar-refractivity contribution in [2.75, 3.05) is 13.1 Å². The lowest BCUT2D eigenvalue weighted by Crippen LogP contribution is -2.46. The third kappa shape index (κ3) is 5.03. The Bertz CT molecular complexity index is 1110. The molecule has 4 rings (SSSR count). The van der Waals surface area contributed by atoms with Crippen LogP contribution in [0.1, 0.15) is 53.4 Å². The van der Waals surface area contributed by atoms with E-state index in [4.69, 9.17) is 16.1 Å². The zero-order valence-electron chi connectivity index (χ0n) is 17.7. The highest BCUT2D eigenvalue weighted by atomic mass is 35.5. The molecule has 3 aromatic heterocycles. The minimum absolute atomic E-state index is 0.0478. The fourth-order valence-electron chi connectivity index (χ4n) is 3.74. The predicted molar refractivity (Wildman–Crippen MR) is 120 cm³/mol. The number of halogens is 1. The largest absolute Gasteiger partial charge is 0.477 e. The molecule has 170 valence electrons. The van der Waals surface area contributed by atoms with Crippen LogP contribution in [-0.2, 0) is 6.54 Å². The van der Waals surface area contributed by atoms with Gasteiger partial charge in [0.25, 0.3) is 5.91 Å². The topological polar surface area (TPSA) is 113 Å². The number of thiophene rings is 1. The van der Waals surface area contributed by atoms with E-state index >= 15 is 0 Å². The highest BCUT2D eigenvalue weighted by Crippen LogP contribution is 2.31. The number of nitrogens with zero attached hydrogens (tertiary/aromatic N) is 4. The molecule has 4 heterocycles. The summed E-state index contributed by atoms with van der Waals surface area (Å²) in [5, 5.41) is 20.8.